The van der Waals surface area contributed by atoms with Gasteiger partial charge in [-0.2, -0.15) is 4.98 Å². The van der Waals surface area contributed by atoms with Gasteiger partial charge in [0.15, 0.2) is 5.72 Å². The first kappa shape index (κ1) is 22.8. The average Bonchev–Trinajstić information content (AvgIpc) is 3.24. The zero-order valence-electron chi connectivity index (χ0n) is 19.0. The van der Waals surface area contributed by atoms with E-state index in [2.05, 4.69) is 25.6 Å². The highest BCUT2D eigenvalue weighted by Crippen LogP contribution is 2.43. The molecular formula is C22H30N6O3S. The summed E-state index contributed by atoms with van der Waals surface area (Å²) in [6.45, 7) is 9.66. The van der Waals surface area contributed by atoms with Crippen molar-refractivity contribution in [2.45, 2.75) is 64.9 Å². The predicted octanol–water partition coefficient (Wildman–Crippen LogP) is 2.84. The van der Waals surface area contributed by atoms with Gasteiger partial charge in [-0.3, -0.25) is 4.98 Å². The molecule has 3 unspecified atom stereocenters. The Hall–Kier alpha value is -2.40. The minimum atomic E-state index is -1.64. The lowest BCUT2D eigenvalue weighted by Gasteiger charge is -2.34. The van der Waals surface area contributed by atoms with Crippen molar-refractivity contribution in [1.82, 2.24) is 19.9 Å². The Labute approximate surface area is 191 Å². The quantitative estimate of drug-likeness (QED) is 0.353. The molecule has 0 spiro atoms. The number of aryl methyl sites for hydroxylation is 2. The summed E-state index contributed by atoms with van der Waals surface area (Å²) >= 11 is 1.50. The Morgan fingerprint density at radius 2 is 1.97 bits per heavy atom. The second-order valence-electron chi connectivity index (χ2n) is 8.94. The summed E-state index contributed by atoms with van der Waals surface area (Å²) in [7, 11) is 0. The number of aliphatic hydroxyl groups excluding tert-OH is 1. The first-order valence-corrected chi connectivity index (χ1v) is 11.6. The number of rotatable bonds is 6. The summed E-state index contributed by atoms with van der Waals surface area (Å²) in [5.41, 5.74) is 0.244. The van der Waals surface area contributed by atoms with E-state index in [0.717, 1.165) is 15.9 Å². The largest absolute Gasteiger partial charge is 0.390 e. The molecule has 3 aromatic heterocycles. The lowest BCUT2D eigenvalue weighted by atomic mass is 9.87. The van der Waals surface area contributed by atoms with E-state index in [1.54, 1.807) is 20.0 Å². The van der Waals surface area contributed by atoms with Gasteiger partial charge in [0.1, 0.15) is 22.4 Å². The van der Waals surface area contributed by atoms with Crippen molar-refractivity contribution in [3.8, 4) is 10.6 Å². The van der Waals surface area contributed by atoms with Gasteiger partial charge >= 0.3 is 0 Å². The smallest absolute Gasteiger partial charge is 0.224 e. The first-order chi connectivity index (χ1) is 15.0. The van der Waals surface area contributed by atoms with Crippen LogP contribution in [0.5, 0.6) is 0 Å². The molecule has 0 radical (unpaired) electrons. The topological polar surface area (TPSA) is 136 Å². The van der Waals surface area contributed by atoms with Crippen LogP contribution in [0.4, 0.5) is 11.8 Å². The van der Waals surface area contributed by atoms with Crippen LogP contribution in [0, 0.1) is 19.8 Å². The third-order valence-electron chi connectivity index (χ3n) is 6.08. The highest BCUT2D eigenvalue weighted by Gasteiger charge is 2.52. The third-order valence-corrected chi connectivity index (χ3v) is 7.12. The molecule has 0 aliphatic heterocycles. The van der Waals surface area contributed by atoms with E-state index < -0.39 is 23.3 Å². The van der Waals surface area contributed by atoms with E-state index in [4.69, 9.17) is 4.98 Å². The Morgan fingerprint density at radius 3 is 2.59 bits per heavy atom. The second kappa shape index (κ2) is 8.18. The van der Waals surface area contributed by atoms with Crippen molar-refractivity contribution in [3.63, 3.8) is 0 Å². The van der Waals surface area contributed by atoms with E-state index in [1.165, 1.54) is 11.3 Å². The Morgan fingerprint density at radius 1 is 1.22 bits per heavy atom. The molecule has 5 N–H and O–H groups in total. The van der Waals surface area contributed by atoms with Crippen LogP contribution in [0.25, 0.3) is 20.8 Å². The molecule has 0 aromatic carbocycles. The summed E-state index contributed by atoms with van der Waals surface area (Å²) in [5, 5.41) is 39.6. The summed E-state index contributed by atoms with van der Waals surface area (Å²) in [4.78, 5) is 18.3. The van der Waals surface area contributed by atoms with E-state index in [-0.39, 0.29) is 6.42 Å². The van der Waals surface area contributed by atoms with E-state index >= 15 is 0 Å². The molecule has 172 valence electrons. The number of aromatic nitrogens is 4. The van der Waals surface area contributed by atoms with Crippen molar-refractivity contribution in [2.75, 3.05) is 17.2 Å². The maximum Gasteiger partial charge on any atom is 0.224 e. The Bertz CT molecular complexity index is 1140. The molecule has 1 saturated carbocycles. The summed E-state index contributed by atoms with van der Waals surface area (Å²) in [6.07, 6.45) is 1.32. The summed E-state index contributed by atoms with van der Waals surface area (Å²) in [6, 6.07) is 1.92. The lowest BCUT2D eigenvalue weighted by molar-refractivity contribution is -0.0926. The number of anilines is 2. The van der Waals surface area contributed by atoms with Gasteiger partial charge in [-0.15, -0.1) is 11.3 Å². The first-order valence-electron chi connectivity index (χ1n) is 10.8. The number of thiazole rings is 1. The van der Waals surface area contributed by atoms with Gasteiger partial charge in [0.25, 0.3) is 0 Å². The lowest BCUT2D eigenvalue weighted by Crippen LogP contribution is -2.51. The van der Waals surface area contributed by atoms with E-state index in [1.807, 2.05) is 26.8 Å². The van der Waals surface area contributed by atoms with Gasteiger partial charge in [-0.1, -0.05) is 0 Å². The number of fused-ring (bicyclic) bond motifs is 1. The number of hydrogen-bond donors (Lipinski definition) is 5. The fourth-order valence-electron chi connectivity index (χ4n) is 4.34. The third kappa shape index (κ3) is 4.03. The molecule has 3 heterocycles. The van der Waals surface area contributed by atoms with Crippen LogP contribution in [0.3, 0.4) is 0 Å². The fourth-order valence-corrected chi connectivity index (χ4v) is 5.45. The molecule has 1 aliphatic carbocycles. The summed E-state index contributed by atoms with van der Waals surface area (Å²) < 4.78 is 0.996. The van der Waals surface area contributed by atoms with Crippen molar-refractivity contribution >= 4 is 33.3 Å². The molecule has 9 nitrogen and oxygen atoms in total. The fraction of sp³-hybridized carbons (Fsp3) is 0.545. The maximum absolute atomic E-state index is 11.3. The second-order valence-corrected chi connectivity index (χ2v) is 9.97. The van der Waals surface area contributed by atoms with Crippen molar-refractivity contribution in [1.29, 1.82) is 0 Å². The number of pyridine rings is 1. The molecule has 10 heteroatoms. The van der Waals surface area contributed by atoms with Gasteiger partial charge < -0.3 is 26.0 Å². The highest BCUT2D eigenvalue weighted by molar-refractivity contribution is 7.21. The molecule has 0 bridgehead atoms. The van der Waals surface area contributed by atoms with Gasteiger partial charge in [0, 0.05) is 18.7 Å². The average molecular weight is 459 g/mol. The molecule has 4 rings (SSSR count). The van der Waals surface area contributed by atoms with Crippen LogP contribution in [0.2, 0.25) is 0 Å². The highest BCUT2D eigenvalue weighted by atomic mass is 32.1. The van der Waals surface area contributed by atoms with E-state index in [9.17, 15) is 15.3 Å². The zero-order chi connectivity index (χ0) is 23.3. The number of nitrogens with zero attached hydrogens (tertiary/aromatic N) is 4. The van der Waals surface area contributed by atoms with Crippen LogP contribution in [0.1, 0.15) is 45.0 Å². The standard InChI is InChI=1S/C22H30N6O3S/c1-6-23-20-25-11(2)15(19-26-16-12(3)24-10-8-14(16)32-19)18(27-20)28-22(31)9-7-13(17(22)29)21(4,5)30/h8,10,13,17,29-31H,6-7,9H2,1-5H3,(H2,23,25,27,28). The van der Waals surface area contributed by atoms with Crippen LogP contribution < -0.4 is 10.6 Å². The molecule has 0 amide bonds. The number of nitrogens with one attached hydrogen (secondary N) is 2. The van der Waals surface area contributed by atoms with Crippen LogP contribution in [0.15, 0.2) is 12.3 Å². The zero-order valence-corrected chi connectivity index (χ0v) is 19.8. The number of aliphatic hydroxyl groups is 3. The molecule has 3 atom stereocenters. The van der Waals surface area contributed by atoms with Crippen LogP contribution >= 0.6 is 11.3 Å². The molecule has 1 fully saturated rings. The maximum atomic E-state index is 11.3. The normalized spacial score (nSPS) is 23.6. The van der Waals surface area contributed by atoms with E-state index in [0.29, 0.717) is 41.0 Å². The molecule has 3 aromatic rings. The minimum absolute atomic E-state index is 0.269. The molecule has 0 saturated heterocycles. The van der Waals surface area contributed by atoms with Crippen molar-refractivity contribution in [3.05, 3.63) is 23.7 Å². The van der Waals surface area contributed by atoms with Gasteiger partial charge in [-0.25, -0.2) is 9.97 Å². The van der Waals surface area contributed by atoms with Crippen molar-refractivity contribution < 1.29 is 15.3 Å². The van der Waals surface area contributed by atoms with Gasteiger partial charge in [-0.05, 0) is 53.5 Å². The molecular weight excluding hydrogens is 428 g/mol. The minimum Gasteiger partial charge on any atom is -0.390 e. The van der Waals surface area contributed by atoms with Crippen molar-refractivity contribution in [2.24, 2.45) is 5.92 Å². The Kier molecular flexibility index (Phi) is 5.83. The van der Waals surface area contributed by atoms with Crippen LogP contribution in [-0.4, -0.2) is 59.2 Å². The Balaban J connectivity index is 1.81. The monoisotopic (exact) mass is 458 g/mol. The molecule has 32 heavy (non-hydrogen) atoms. The van der Waals surface area contributed by atoms with Crippen LogP contribution in [-0.2, 0) is 0 Å². The molecule has 1 aliphatic rings. The summed E-state index contributed by atoms with van der Waals surface area (Å²) in [5.74, 6) is 0.331. The number of hydrogen-bond acceptors (Lipinski definition) is 10. The van der Waals surface area contributed by atoms with Gasteiger partial charge in [0.2, 0.25) is 5.95 Å². The SMILES string of the molecule is CCNc1nc(C)c(-c2nc3c(C)nccc3s2)c(NC2(O)CCC(C(C)(C)O)C2O)n1. The van der Waals surface area contributed by atoms with Gasteiger partial charge in [0.05, 0.1) is 27.3 Å². The predicted molar refractivity (Wildman–Crippen MR) is 126 cm³/mol.